The van der Waals surface area contributed by atoms with E-state index in [1.165, 1.54) is 76.7 Å². The minimum atomic E-state index is -1.46. The lowest BCUT2D eigenvalue weighted by Crippen LogP contribution is -2.83. The SMILES string of the molecule is Cc1cc(C)c([B@-]2(c3cc4ccc5cccc6ccc(c3)c4c56)c3ccccc3-c3cccc[n+]32)c(C)c1. The van der Waals surface area contributed by atoms with Gasteiger partial charge in [0.25, 0.3) is 0 Å². The molecule has 38 heavy (non-hydrogen) atoms. The minimum absolute atomic E-state index is 1.28. The molecule has 0 spiro atoms. The van der Waals surface area contributed by atoms with E-state index in [-0.39, 0.29) is 0 Å². The van der Waals surface area contributed by atoms with E-state index in [0.717, 1.165) is 0 Å². The van der Waals surface area contributed by atoms with Crippen LogP contribution in [0.15, 0.2) is 115 Å². The highest BCUT2D eigenvalue weighted by Crippen LogP contribution is 2.35. The average molecular weight is 485 g/mol. The van der Waals surface area contributed by atoms with E-state index in [0.29, 0.717) is 0 Å². The number of aromatic nitrogens is 1. The summed E-state index contributed by atoms with van der Waals surface area (Å²) in [6.07, 6.45) is 0.844. The summed E-state index contributed by atoms with van der Waals surface area (Å²) < 4.78 is 2.59. The van der Waals surface area contributed by atoms with Gasteiger partial charge in [-0.3, -0.25) is 0 Å². The van der Waals surface area contributed by atoms with Gasteiger partial charge in [0.2, 0.25) is 0 Å². The number of benzene rings is 6. The molecule has 0 aliphatic carbocycles. The molecule has 0 bridgehead atoms. The summed E-state index contributed by atoms with van der Waals surface area (Å²) in [5.74, 6) is 0. The lowest BCUT2D eigenvalue weighted by Gasteiger charge is -2.36. The highest BCUT2D eigenvalue weighted by molar-refractivity contribution is 7.07. The Bertz CT molecular complexity index is 1940. The molecule has 0 radical (unpaired) electrons. The molecule has 2 heterocycles. The molecular formula is C36H28BN. The van der Waals surface area contributed by atoms with Crippen LogP contribution in [0.1, 0.15) is 16.7 Å². The molecule has 1 aromatic heterocycles. The predicted molar refractivity (Wildman–Crippen MR) is 163 cm³/mol. The van der Waals surface area contributed by atoms with Crippen LogP contribution in [0, 0.1) is 20.8 Å². The van der Waals surface area contributed by atoms with Gasteiger partial charge in [-0.1, -0.05) is 114 Å². The van der Waals surface area contributed by atoms with Gasteiger partial charge < -0.3 is 4.48 Å². The van der Waals surface area contributed by atoms with Gasteiger partial charge in [-0.2, -0.15) is 0 Å². The second kappa shape index (κ2) is 7.55. The third-order valence-electron chi connectivity index (χ3n) is 9.12. The number of rotatable bonds is 2. The van der Waals surface area contributed by atoms with Crippen LogP contribution in [0.25, 0.3) is 43.6 Å². The van der Waals surface area contributed by atoms with Gasteiger partial charge >= 0.3 is 6.28 Å². The van der Waals surface area contributed by atoms with E-state index >= 15 is 0 Å². The van der Waals surface area contributed by atoms with E-state index in [1.807, 2.05) is 0 Å². The third kappa shape index (κ3) is 2.65. The van der Waals surface area contributed by atoms with Crippen molar-refractivity contribution in [2.45, 2.75) is 20.8 Å². The van der Waals surface area contributed by atoms with Gasteiger partial charge in [-0.25, -0.2) is 0 Å². The van der Waals surface area contributed by atoms with Crippen molar-refractivity contribution in [3.8, 4) is 11.3 Å². The fourth-order valence-corrected chi connectivity index (χ4v) is 7.94. The fourth-order valence-electron chi connectivity index (χ4n) is 7.94. The number of hydrogen-bond donors (Lipinski definition) is 0. The first-order chi connectivity index (χ1) is 18.6. The molecule has 8 rings (SSSR count). The first kappa shape index (κ1) is 21.6. The van der Waals surface area contributed by atoms with E-state index in [4.69, 9.17) is 0 Å². The Balaban J connectivity index is 1.59. The van der Waals surface area contributed by atoms with Crippen LogP contribution >= 0.6 is 0 Å². The number of aryl methyl sites for hydroxylation is 3. The Kier molecular flexibility index (Phi) is 4.30. The summed E-state index contributed by atoms with van der Waals surface area (Å²) in [6, 6.07) is 41.3. The lowest BCUT2D eigenvalue weighted by atomic mass is 9.23. The van der Waals surface area contributed by atoms with Crippen LogP contribution in [0.5, 0.6) is 0 Å². The average Bonchev–Trinajstić information content (AvgIpc) is 3.22. The summed E-state index contributed by atoms with van der Waals surface area (Å²) in [5.41, 5.74) is 10.8. The maximum absolute atomic E-state index is 2.59. The summed E-state index contributed by atoms with van der Waals surface area (Å²) in [5, 5.41) is 7.99. The maximum atomic E-state index is 2.59. The Morgan fingerprint density at radius 2 is 1.16 bits per heavy atom. The van der Waals surface area contributed by atoms with Gasteiger partial charge in [0.1, 0.15) is 6.20 Å². The second-order valence-electron chi connectivity index (χ2n) is 11.3. The summed E-state index contributed by atoms with van der Waals surface area (Å²) in [4.78, 5) is 0. The molecule has 2 heteroatoms. The van der Waals surface area contributed by atoms with Gasteiger partial charge in [0.15, 0.2) is 5.69 Å². The minimum Gasteiger partial charge on any atom is -0.408 e. The van der Waals surface area contributed by atoms with E-state index in [1.54, 1.807) is 0 Å². The van der Waals surface area contributed by atoms with Crippen molar-refractivity contribution in [1.82, 2.24) is 0 Å². The fraction of sp³-hybridized carbons (Fsp3) is 0.0833. The van der Waals surface area contributed by atoms with E-state index < -0.39 is 6.28 Å². The topological polar surface area (TPSA) is 3.88 Å². The molecule has 1 aliphatic rings. The summed E-state index contributed by atoms with van der Waals surface area (Å²) in [7, 11) is 0. The first-order valence-electron chi connectivity index (χ1n) is 13.6. The normalized spacial score (nSPS) is 16.4. The van der Waals surface area contributed by atoms with Crippen molar-refractivity contribution < 1.29 is 4.48 Å². The van der Waals surface area contributed by atoms with Crippen LogP contribution in [-0.4, -0.2) is 6.28 Å². The molecule has 0 saturated heterocycles. The smallest absolute Gasteiger partial charge is 0.361 e. The van der Waals surface area contributed by atoms with Crippen LogP contribution < -0.4 is 20.9 Å². The Morgan fingerprint density at radius 1 is 0.553 bits per heavy atom. The number of pyridine rings is 1. The third-order valence-corrected chi connectivity index (χ3v) is 9.12. The van der Waals surface area contributed by atoms with Gasteiger partial charge in [0, 0.05) is 11.6 Å². The molecule has 0 N–H and O–H groups in total. The zero-order chi connectivity index (χ0) is 25.6. The van der Waals surface area contributed by atoms with Gasteiger partial charge in [-0.05, 0) is 59.2 Å². The van der Waals surface area contributed by atoms with E-state index in [2.05, 4.69) is 141 Å². The summed E-state index contributed by atoms with van der Waals surface area (Å²) in [6.45, 7) is 6.81. The van der Waals surface area contributed by atoms with E-state index in [9.17, 15) is 0 Å². The van der Waals surface area contributed by atoms with Crippen molar-refractivity contribution >= 4 is 55.0 Å². The van der Waals surface area contributed by atoms with Crippen molar-refractivity contribution in [1.29, 1.82) is 0 Å². The summed E-state index contributed by atoms with van der Waals surface area (Å²) >= 11 is 0. The quantitative estimate of drug-likeness (QED) is 0.200. The van der Waals surface area contributed by atoms with Crippen molar-refractivity contribution in [3.05, 3.63) is 132 Å². The monoisotopic (exact) mass is 485 g/mol. The molecule has 0 saturated carbocycles. The number of hydrogen-bond acceptors (Lipinski definition) is 0. The Hall–Kier alpha value is -4.43. The first-order valence-corrected chi connectivity index (χ1v) is 13.6. The standard InChI is InChI=1S/C36H28BN/c1-23-19-24(2)36(25(3)20-23)37(32-12-5-4-11-31(32)33-13-6-7-18-38(33)37)30-21-28-16-14-26-9-8-10-27-15-17-29(22-30)35(28)34(26)27/h4-22H,1-3H3/t37-/m0/s1. The second-order valence-corrected chi connectivity index (χ2v) is 11.3. The van der Waals surface area contributed by atoms with Crippen molar-refractivity contribution in [3.63, 3.8) is 0 Å². The molecule has 0 fully saturated rings. The maximum Gasteiger partial charge on any atom is 0.361 e. The molecule has 1 aliphatic heterocycles. The zero-order valence-electron chi connectivity index (χ0n) is 22.0. The molecule has 1 atom stereocenters. The van der Waals surface area contributed by atoms with Gasteiger partial charge in [0.05, 0.1) is 0 Å². The molecule has 1 nitrogen and oxygen atoms in total. The molecule has 7 aromatic rings. The highest BCUT2D eigenvalue weighted by Gasteiger charge is 2.51. The van der Waals surface area contributed by atoms with Crippen LogP contribution in [-0.2, 0) is 0 Å². The Labute approximate surface area is 223 Å². The van der Waals surface area contributed by atoms with Crippen LogP contribution in [0.4, 0.5) is 0 Å². The molecule has 6 aromatic carbocycles. The van der Waals surface area contributed by atoms with Gasteiger partial charge in [-0.15, -0.1) is 16.4 Å². The molecule has 0 unspecified atom stereocenters. The van der Waals surface area contributed by atoms with Crippen LogP contribution in [0.3, 0.4) is 0 Å². The number of fused-ring (bicyclic) bond motifs is 3. The molecule has 0 amide bonds. The van der Waals surface area contributed by atoms with Crippen molar-refractivity contribution in [2.75, 3.05) is 0 Å². The highest BCUT2D eigenvalue weighted by atomic mass is 14.9. The van der Waals surface area contributed by atoms with Crippen LogP contribution in [0.2, 0.25) is 0 Å². The predicted octanol–water partition coefficient (Wildman–Crippen LogP) is 6.29. The Morgan fingerprint density at radius 3 is 1.87 bits per heavy atom. The zero-order valence-corrected chi connectivity index (χ0v) is 22.0. The largest absolute Gasteiger partial charge is 0.408 e. The lowest BCUT2D eigenvalue weighted by molar-refractivity contribution is -0.524. The molecular weight excluding hydrogens is 457 g/mol. The molecule has 180 valence electrons. The number of nitrogens with zero attached hydrogens (tertiary/aromatic N) is 1. The van der Waals surface area contributed by atoms with Crippen molar-refractivity contribution in [2.24, 2.45) is 0 Å².